The van der Waals surface area contributed by atoms with E-state index < -0.39 is 0 Å². The highest BCUT2D eigenvalue weighted by atomic mass is 16.5. The molecule has 5 nitrogen and oxygen atoms in total. The molecule has 144 valence electrons. The average Bonchev–Trinajstić information content (AvgIpc) is 3.35. The standard InChI is InChI=1S/C22H30N4O/c1-3-26-14-16(12-23-26)13-25-15-20(18-5-4-6-19(11-18)27-2)22-21(25)17-7-9-24(22)10-8-17/h4-6,11-12,14,17,20-22H,3,7-10,13,15H2,1-2H3/t20-,21+,22+/m0/s1. The monoisotopic (exact) mass is 366 g/mol. The minimum Gasteiger partial charge on any atom is -0.497 e. The zero-order chi connectivity index (χ0) is 18.4. The van der Waals surface area contributed by atoms with Crippen LogP contribution in [0.3, 0.4) is 0 Å². The van der Waals surface area contributed by atoms with E-state index in [0.717, 1.165) is 31.3 Å². The van der Waals surface area contributed by atoms with Crippen molar-refractivity contribution in [3.63, 3.8) is 0 Å². The molecule has 1 aromatic carbocycles. The highest BCUT2D eigenvalue weighted by molar-refractivity contribution is 5.34. The van der Waals surface area contributed by atoms with Crippen LogP contribution >= 0.6 is 0 Å². The van der Waals surface area contributed by atoms with E-state index in [2.05, 4.69) is 58.5 Å². The van der Waals surface area contributed by atoms with Crippen molar-refractivity contribution in [2.75, 3.05) is 26.7 Å². The van der Waals surface area contributed by atoms with Crippen molar-refractivity contribution in [1.29, 1.82) is 0 Å². The molecule has 3 atom stereocenters. The molecular weight excluding hydrogens is 336 g/mol. The lowest BCUT2D eigenvalue weighted by Gasteiger charge is -2.51. The van der Waals surface area contributed by atoms with Gasteiger partial charge in [-0.2, -0.15) is 5.10 Å². The quantitative estimate of drug-likeness (QED) is 0.815. The molecule has 4 aliphatic heterocycles. The second-order valence-electron chi connectivity index (χ2n) is 8.37. The number of fused-ring (bicyclic) bond motifs is 2. The summed E-state index contributed by atoms with van der Waals surface area (Å²) in [5, 5.41) is 4.49. The lowest BCUT2D eigenvalue weighted by molar-refractivity contribution is -0.00870. The summed E-state index contributed by atoms with van der Waals surface area (Å²) >= 11 is 0. The molecular formula is C22H30N4O. The van der Waals surface area contributed by atoms with Crippen molar-refractivity contribution < 1.29 is 4.74 Å². The Kier molecular flexibility index (Phi) is 4.44. The molecule has 1 aromatic heterocycles. The van der Waals surface area contributed by atoms with Crippen LogP contribution in [0.5, 0.6) is 5.75 Å². The Morgan fingerprint density at radius 1 is 1.19 bits per heavy atom. The van der Waals surface area contributed by atoms with Gasteiger partial charge in [0.05, 0.1) is 13.3 Å². The first-order chi connectivity index (χ1) is 13.3. The number of hydrogen-bond acceptors (Lipinski definition) is 4. The van der Waals surface area contributed by atoms with Crippen molar-refractivity contribution in [3.05, 3.63) is 47.8 Å². The smallest absolute Gasteiger partial charge is 0.119 e. The van der Waals surface area contributed by atoms with E-state index in [1.165, 1.54) is 37.1 Å². The maximum Gasteiger partial charge on any atom is 0.119 e. The number of nitrogens with zero attached hydrogens (tertiary/aromatic N) is 4. The Labute approximate surface area is 161 Å². The molecule has 0 N–H and O–H groups in total. The van der Waals surface area contributed by atoms with Crippen molar-refractivity contribution in [2.24, 2.45) is 5.92 Å². The van der Waals surface area contributed by atoms with E-state index in [4.69, 9.17) is 4.74 Å². The molecule has 2 bridgehead atoms. The summed E-state index contributed by atoms with van der Waals surface area (Å²) in [5.74, 6) is 2.38. The number of aryl methyl sites for hydroxylation is 1. The third-order valence-corrected chi connectivity index (χ3v) is 7.01. The van der Waals surface area contributed by atoms with Crippen LogP contribution in [-0.2, 0) is 13.1 Å². The summed E-state index contributed by atoms with van der Waals surface area (Å²) in [4.78, 5) is 5.52. The zero-order valence-electron chi connectivity index (χ0n) is 16.4. The summed E-state index contributed by atoms with van der Waals surface area (Å²) < 4.78 is 7.55. The van der Waals surface area contributed by atoms with Gasteiger partial charge in [-0.1, -0.05) is 12.1 Å². The molecule has 27 heavy (non-hydrogen) atoms. The Hall–Kier alpha value is -1.85. The van der Waals surface area contributed by atoms with Gasteiger partial charge in [0.15, 0.2) is 0 Å². The van der Waals surface area contributed by atoms with Crippen LogP contribution in [-0.4, -0.2) is 58.4 Å². The maximum atomic E-state index is 5.51. The van der Waals surface area contributed by atoms with Gasteiger partial charge in [0.25, 0.3) is 0 Å². The number of ether oxygens (including phenoxy) is 1. The summed E-state index contributed by atoms with van der Waals surface area (Å²) in [6, 6.07) is 10.1. The largest absolute Gasteiger partial charge is 0.497 e. The van der Waals surface area contributed by atoms with Gasteiger partial charge in [-0.3, -0.25) is 14.5 Å². The third-order valence-electron chi connectivity index (χ3n) is 7.01. The second kappa shape index (κ2) is 6.95. The lowest BCUT2D eigenvalue weighted by atomic mass is 9.75. The Balaban J connectivity index is 1.46. The van der Waals surface area contributed by atoms with E-state index in [-0.39, 0.29) is 0 Å². The molecule has 0 unspecified atom stereocenters. The number of benzene rings is 1. The molecule has 4 fully saturated rings. The van der Waals surface area contributed by atoms with Crippen molar-refractivity contribution >= 4 is 0 Å². The van der Waals surface area contributed by atoms with Crippen LogP contribution < -0.4 is 4.74 Å². The summed E-state index contributed by atoms with van der Waals surface area (Å²) in [5.41, 5.74) is 2.78. The number of likely N-dealkylation sites (tertiary alicyclic amines) is 1. The van der Waals surface area contributed by atoms with Crippen molar-refractivity contribution in [2.45, 2.75) is 50.9 Å². The molecule has 5 heteroatoms. The topological polar surface area (TPSA) is 33.5 Å². The third kappa shape index (κ3) is 2.97. The number of methoxy groups -OCH3 is 1. The molecule has 0 radical (unpaired) electrons. The molecule has 4 saturated heterocycles. The normalized spacial score (nSPS) is 32.6. The van der Waals surface area contributed by atoms with Crippen LogP contribution in [0.15, 0.2) is 36.7 Å². The van der Waals surface area contributed by atoms with Gasteiger partial charge in [-0.15, -0.1) is 0 Å². The molecule has 0 aliphatic carbocycles. The Morgan fingerprint density at radius 3 is 2.78 bits per heavy atom. The van der Waals surface area contributed by atoms with Crippen molar-refractivity contribution in [3.8, 4) is 5.75 Å². The molecule has 6 rings (SSSR count). The average molecular weight is 367 g/mol. The highest BCUT2D eigenvalue weighted by Crippen LogP contribution is 2.47. The fourth-order valence-electron chi connectivity index (χ4n) is 5.78. The second-order valence-corrected chi connectivity index (χ2v) is 8.37. The van der Waals surface area contributed by atoms with Crippen LogP contribution in [0.1, 0.15) is 36.8 Å². The molecule has 4 aliphatic rings. The number of hydrogen-bond donors (Lipinski definition) is 0. The van der Waals surface area contributed by atoms with Crippen LogP contribution in [0.25, 0.3) is 0 Å². The number of rotatable bonds is 5. The van der Waals surface area contributed by atoms with Crippen LogP contribution in [0, 0.1) is 5.92 Å². The lowest BCUT2D eigenvalue weighted by Crippen LogP contribution is -2.59. The van der Waals surface area contributed by atoms with E-state index in [9.17, 15) is 0 Å². The highest BCUT2D eigenvalue weighted by Gasteiger charge is 2.53. The van der Waals surface area contributed by atoms with Gasteiger partial charge in [0.2, 0.25) is 0 Å². The van der Waals surface area contributed by atoms with E-state index in [1.54, 1.807) is 7.11 Å². The van der Waals surface area contributed by atoms with E-state index >= 15 is 0 Å². The predicted molar refractivity (Wildman–Crippen MR) is 106 cm³/mol. The summed E-state index contributed by atoms with van der Waals surface area (Å²) in [7, 11) is 1.76. The predicted octanol–water partition coefficient (Wildman–Crippen LogP) is 2.97. The van der Waals surface area contributed by atoms with Gasteiger partial charge >= 0.3 is 0 Å². The van der Waals surface area contributed by atoms with Gasteiger partial charge in [-0.25, -0.2) is 0 Å². The molecule has 0 amide bonds. The van der Waals surface area contributed by atoms with Gasteiger partial charge < -0.3 is 4.74 Å². The fraction of sp³-hybridized carbons (Fsp3) is 0.591. The summed E-state index contributed by atoms with van der Waals surface area (Å²) in [6.45, 7) is 7.78. The van der Waals surface area contributed by atoms with E-state index in [1.807, 2.05) is 4.68 Å². The summed E-state index contributed by atoms with van der Waals surface area (Å²) in [6.07, 6.45) is 6.99. The molecule has 2 aromatic rings. The number of aromatic nitrogens is 2. The Morgan fingerprint density at radius 2 is 2.04 bits per heavy atom. The van der Waals surface area contributed by atoms with Crippen LogP contribution in [0.2, 0.25) is 0 Å². The Bertz CT molecular complexity index is 795. The first kappa shape index (κ1) is 17.3. The minimum atomic E-state index is 0.564. The molecule has 5 heterocycles. The van der Waals surface area contributed by atoms with Crippen molar-refractivity contribution in [1.82, 2.24) is 19.6 Å². The first-order valence-corrected chi connectivity index (χ1v) is 10.4. The SMILES string of the molecule is CCn1cc(CN2C[C@@H](c3cccc(OC)c3)[C@@H]3[C@H]2C2CCN3CC2)cn1. The van der Waals surface area contributed by atoms with E-state index in [0.29, 0.717) is 18.0 Å². The first-order valence-electron chi connectivity index (χ1n) is 10.4. The maximum absolute atomic E-state index is 5.51. The van der Waals surface area contributed by atoms with Crippen LogP contribution in [0.4, 0.5) is 0 Å². The van der Waals surface area contributed by atoms with Gasteiger partial charge in [-0.05, 0) is 56.5 Å². The molecule has 0 saturated carbocycles. The molecule has 0 spiro atoms. The number of piperidine rings is 3. The zero-order valence-corrected chi connectivity index (χ0v) is 16.4. The van der Waals surface area contributed by atoms with Gasteiger partial charge in [0.1, 0.15) is 5.75 Å². The fourth-order valence-corrected chi connectivity index (χ4v) is 5.78. The minimum absolute atomic E-state index is 0.564. The van der Waals surface area contributed by atoms with Gasteiger partial charge in [0, 0.05) is 49.4 Å².